The number of rotatable bonds is 2. The van der Waals surface area contributed by atoms with Gasteiger partial charge < -0.3 is 10.2 Å². The van der Waals surface area contributed by atoms with E-state index in [0.29, 0.717) is 10.6 Å². The minimum absolute atomic E-state index is 0.209. The summed E-state index contributed by atoms with van der Waals surface area (Å²) in [6, 6.07) is 11.2. The van der Waals surface area contributed by atoms with Gasteiger partial charge in [0.25, 0.3) is 5.91 Å². The topological polar surface area (TPSA) is 82.1 Å². The number of anilines is 1. The van der Waals surface area contributed by atoms with Crippen molar-refractivity contribution in [2.75, 3.05) is 4.90 Å². The maximum atomic E-state index is 14.0. The number of hydrazone groups is 1. The lowest BCUT2D eigenvalue weighted by Gasteiger charge is -2.29. The second kappa shape index (κ2) is 7.69. The van der Waals surface area contributed by atoms with Gasteiger partial charge in [-0.25, -0.2) is 0 Å². The van der Waals surface area contributed by atoms with E-state index < -0.39 is 10.8 Å². The highest BCUT2D eigenvalue weighted by Gasteiger charge is 2.61. The number of thioether (sulfide) groups is 1. The Hall–Kier alpha value is -2.84. The third kappa shape index (κ3) is 3.40. The summed E-state index contributed by atoms with van der Waals surface area (Å²) < 4.78 is 0. The van der Waals surface area contributed by atoms with Gasteiger partial charge in [0, 0.05) is 24.4 Å². The van der Waals surface area contributed by atoms with E-state index in [4.69, 9.17) is 11.6 Å². The van der Waals surface area contributed by atoms with Crippen molar-refractivity contribution in [1.82, 2.24) is 10.3 Å². The maximum absolute atomic E-state index is 14.0. The Morgan fingerprint density at radius 2 is 1.90 bits per heavy atom. The van der Waals surface area contributed by atoms with Gasteiger partial charge in [0.1, 0.15) is 0 Å². The summed E-state index contributed by atoms with van der Waals surface area (Å²) in [7, 11) is 0. The number of halogens is 1. The number of nitrogens with zero attached hydrogens (tertiary/aromatic N) is 3. The Kier molecular flexibility index (Phi) is 5.31. The number of carbonyl (C=O) groups is 3. The molecule has 0 bridgehead atoms. The van der Waals surface area contributed by atoms with E-state index in [1.54, 1.807) is 11.0 Å². The first-order valence-corrected chi connectivity index (χ1v) is 10.9. The number of benzene rings is 2. The van der Waals surface area contributed by atoms with Crippen LogP contribution in [0.1, 0.15) is 36.1 Å². The van der Waals surface area contributed by atoms with Gasteiger partial charge in [0.05, 0.1) is 12.2 Å². The molecule has 31 heavy (non-hydrogen) atoms. The van der Waals surface area contributed by atoms with Crippen LogP contribution < -0.4 is 10.2 Å². The lowest BCUT2D eigenvalue weighted by atomic mass is 10.0. The van der Waals surface area contributed by atoms with Crippen LogP contribution in [0.5, 0.6) is 0 Å². The Labute approximate surface area is 189 Å². The predicted molar refractivity (Wildman–Crippen MR) is 122 cm³/mol. The molecule has 2 aromatic rings. The second-order valence-corrected chi connectivity index (χ2v) is 9.21. The molecule has 0 saturated heterocycles. The van der Waals surface area contributed by atoms with E-state index in [0.717, 1.165) is 34.1 Å². The number of aryl methyl sites for hydroxylation is 2. The number of fused-ring (bicyclic) bond motifs is 2. The van der Waals surface area contributed by atoms with Crippen molar-refractivity contribution in [1.29, 1.82) is 0 Å². The standard InChI is InChI=1S/C22H21ClN4O3S/c1-12-9-13(2)19-17(10-12)22(27(15(4)29)25-21(31-22)24-14(3)28)20(30)26(19)11-16-7-5-6-8-18(16)23/h5-10H,11H2,1-4H3,(H,24,25,28)/t22-/m1/s1. The molecule has 4 rings (SSSR count). The number of hydrogen-bond donors (Lipinski definition) is 1. The van der Waals surface area contributed by atoms with E-state index in [-0.39, 0.29) is 23.5 Å². The van der Waals surface area contributed by atoms with E-state index in [1.807, 2.05) is 44.2 Å². The van der Waals surface area contributed by atoms with Gasteiger partial charge in [0.2, 0.25) is 16.7 Å². The molecule has 1 spiro atoms. The molecule has 7 nitrogen and oxygen atoms in total. The van der Waals surface area contributed by atoms with Crippen molar-refractivity contribution in [2.24, 2.45) is 5.10 Å². The van der Waals surface area contributed by atoms with Crippen LogP contribution in [0.4, 0.5) is 5.69 Å². The van der Waals surface area contributed by atoms with Crippen molar-refractivity contribution in [2.45, 2.75) is 39.1 Å². The highest BCUT2D eigenvalue weighted by Crippen LogP contribution is 2.56. The molecule has 2 aromatic carbocycles. The lowest BCUT2D eigenvalue weighted by Crippen LogP contribution is -2.48. The third-order valence-electron chi connectivity index (χ3n) is 5.22. The van der Waals surface area contributed by atoms with E-state index >= 15 is 0 Å². The zero-order chi connectivity index (χ0) is 22.5. The van der Waals surface area contributed by atoms with E-state index in [9.17, 15) is 14.4 Å². The first kappa shape index (κ1) is 21.4. The predicted octanol–water partition coefficient (Wildman–Crippen LogP) is 3.66. The molecular weight excluding hydrogens is 436 g/mol. The molecule has 0 unspecified atom stereocenters. The number of amidine groups is 1. The van der Waals surface area contributed by atoms with Crippen molar-refractivity contribution in [3.05, 3.63) is 63.7 Å². The van der Waals surface area contributed by atoms with Gasteiger partial charge in [-0.15, -0.1) is 5.10 Å². The van der Waals surface area contributed by atoms with Gasteiger partial charge in [-0.05, 0) is 42.8 Å². The number of carbonyl (C=O) groups excluding carboxylic acids is 3. The molecule has 0 saturated carbocycles. The highest BCUT2D eigenvalue weighted by atomic mass is 35.5. The van der Waals surface area contributed by atoms with Crippen LogP contribution in [0.3, 0.4) is 0 Å². The smallest absolute Gasteiger partial charge is 0.271 e. The fourth-order valence-corrected chi connectivity index (χ4v) is 5.60. The summed E-state index contributed by atoms with van der Waals surface area (Å²) in [5.74, 6) is -1.03. The Bertz CT molecular complexity index is 1170. The minimum Gasteiger partial charge on any atom is -0.304 e. The summed E-state index contributed by atoms with van der Waals surface area (Å²) in [6.07, 6.45) is 0. The quantitative estimate of drug-likeness (QED) is 0.747. The largest absolute Gasteiger partial charge is 0.304 e. The van der Waals surface area contributed by atoms with Gasteiger partial charge in [-0.2, -0.15) is 5.01 Å². The average molecular weight is 457 g/mol. The molecule has 1 atom stereocenters. The second-order valence-electron chi connectivity index (χ2n) is 7.62. The van der Waals surface area contributed by atoms with Crippen LogP contribution in [-0.4, -0.2) is 27.9 Å². The molecule has 0 fully saturated rings. The van der Waals surface area contributed by atoms with Gasteiger partial charge >= 0.3 is 0 Å². The van der Waals surface area contributed by atoms with E-state index in [1.165, 1.54) is 18.9 Å². The fourth-order valence-electron chi connectivity index (χ4n) is 4.09. The number of amides is 3. The lowest BCUT2D eigenvalue weighted by molar-refractivity contribution is -0.139. The number of nitrogens with one attached hydrogen (secondary N) is 1. The Morgan fingerprint density at radius 3 is 2.55 bits per heavy atom. The molecule has 0 radical (unpaired) electrons. The fraction of sp³-hybridized carbons (Fsp3) is 0.273. The molecule has 9 heteroatoms. The summed E-state index contributed by atoms with van der Waals surface area (Å²) in [4.78, 5) is 38.5. The Morgan fingerprint density at radius 1 is 1.19 bits per heavy atom. The first-order chi connectivity index (χ1) is 14.6. The Balaban J connectivity index is 1.89. The maximum Gasteiger partial charge on any atom is 0.271 e. The SMILES string of the molecule is CC(=O)NC1=NN(C(C)=O)[C@]2(S1)C(=O)N(Cc1ccccc1Cl)c1c(C)cc(C)cc12. The first-order valence-electron chi connectivity index (χ1n) is 9.68. The van der Waals surface area contributed by atoms with Crippen LogP contribution in [0.15, 0.2) is 41.5 Å². The molecular formula is C22H21ClN4O3S. The van der Waals surface area contributed by atoms with Crippen molar-refractivity contribution in [3.63, 3.8) is 0 Å². The van der Waals surface area contributed by atoms with Crippen LogP contribution in [0, 0.1) is 13.8 Å². The zero-order valence-corrected chi connectivity index (χ0v) is 19.1. The molecule has 2 heterocycles. The molecule has 3 amide bonds. The zero-order valence-electron chi connectivity index (χ0n) is 17.5. The molecule has 0 aromatic heterocycles. The van der Waals surface area contributed by atoms with Gasteiger partial charge in [0.15, 0.2) is 5.17 Å². The summed E-state index contributed by atoms with van der Waals surface area (Å²) in [5, 5.41) is 8.85. The molecule has 2 aliphatic rings. The molecule has 160 valence electrons. The van der Waals surface area contributed by atoms with Crippen molar-refractivity contribution in [3.8, 4) is 0 Å². The molecule has 1 N–H and O–H groups in total. The van der Waals surface area contributed by atoms with Crippen LogP contribution in [0.25, 0.3) is 0 Å². The summed E-state index contributed by atoms with van der Waals surface area (Å²) in [6.45, 7) is 6.84. The van der Waals surface area contributed by atoms with E-state index in [2.05, 4.69) is 10.4 Å². The average Bonchev–Trinajstić information content (AvgIpc) is 3.16. The summed E-state index contributed by atoms with van der Waals surface area (Å²) >= 11 is 7.45. The van der Waals surface area contributed by atoms with Gasteiger partial charge in [-0.3, -0.25) is 14.4 Å². The van der Waals surface area contributed by atoms with Gasteiger partial charge in [-0.1, -0.05) is 47.5 Å². The highest BCUT2D eigenvalue weighted by molar-refractivity contribution is 8.15. The van der Waals surface area contributed by atoms with Crippen molar-refractivity contribution < 1.29 is 14.4 Å². The normalized spacial score (nSPS) is 19.6. The monoisotopic (exact) mass is 456 g/mol. The van der Waals surface area contributed by atoms with Crippen LogP contribution >= 0.6 is 23.4 Å². The summed E-state index contributed by atoms with van der Waals surface area (Å²) in [5.41, 5.74) is 4.06. The van der Waals surface area contributed by atoms with Crippen LogP contribution in [-0.2, 0) is 25.8 Å². The molecule has 2 aliphatic heterocycles. The van der Waals surface area contributed by atoms with Crippen LogP contribution in [0.2, 0.25) is 5.02 Å². The van der Waals surface area contributed by atoms with Crippen molar-refractivity contribution >= 4 is 51.9 Å². The molecule has 0 aliphatic carbocycles. The number of hydrogen-bond acceptors (Lipinski definition) is 5. The third-order valence-corrected chi connectivity index (χ3v) is 6.82. The minimum atomic E-state index is -1.42.